The summed E-state index contributed by atoms with van der Waals surface area (Å²) in [5.74, 6) is -2.29. The van der Waals surface area contributed by atoms with Crippen molar-refractivity contribution in [3.63, 3.8) is 0 Å². The van der Waals surface area contributed by atoms with Crippen LogP contribution in [0.5, 0.6) is 0 Å². The van der Waals surface area contributed by atoms with E-state index in [1.54, 1.807) is 7.05 Å². The molecule has 0 aliphatic heterocycles. The van der Waals surface area contributed by atoms with Gasteiger partial charge in [0.2, 0.25) is 0 Å². The molecule has 2 amide bonds. The van der Waals surface area contributed by atoms with E-state index in [2.05, 4.69) is 5.32 Å². The van der Waals surface area contributed by atoms with E-state index in [1.807, 2.05) is 0 Å². The quantitative estimate of drug-likeness (QED) is 0.681. The molecule has 1 aliphatic rings. The predicted octanol–water partition coefficient (Wildman–Crippen LogP) is 1.28. The number of nitrogens with zero attached hydrogens (tertiary/aromatic N) is 1. The maximum atomic E-state index is 12.0. The van der Waals surface area contributed by atoms with Crippen LogP contribution in [0.25, 0.3) is 0 Å². The first kappa shape index (κ1) is 16.3. The van der Waals surface area contributed by atoms with E-state index >= 15 is 0 Å². The highest BCUT2D eigenvalue weighted by Gasteiger charge is 2.26. The molecule has 3 N–H and O–H groups in total. The van der Waals surface area contributed by atoms with E-state index in [9.17, 15) is 14.4 Å². The zero-order valence-corrected chi connectivity index (χ0v) is 11.7. The number of amides is 2. The van der Waals surface area contributed by atoms with Crippen molar-refractivity contribution >= 4 is 18.0 Å². The summed E-state index contributed by atoms with van der Waals surface area (Å²) < 4.78 is 0. The summed E-state index contributed by atoms with van der Waals surface area (Å²) >= 11 is 0. The number of carbonyl (C=O) groups excluding carboxylic acids is 1. The van der Waals surface area contributed by atoms with Crippen LogP contribution < -0.4 is 5.32 Å². The monoisotopic (exact) mass is 286 g/mol. The van der Waals surface area contributed by atoms with Crippen molar-refractivity contribution in [3.05, 3.63) is 0 Å². The second kappa shape index (κ2) is 7.72. The fraction of sp³-hybridized carbons (Fsp3) is 0.769. The molecule has 0 unspecified atom stereocenters. The van der Waals surface area contributed by atoms with Crippen LogP contribution in [0.4, 0.5) is 4.79 Å². The van der Waals surface area contributed by atoms with Crippen molar-refractivity contribution in [1.29, 1.82) is 0 Å². The molecule has 114 valence electrons. The lowest BCUT2D eigenvalue weighted by atomic mass is 9.95. The fourth-order valence-electron chi connectivity index (χ4n) is 2.41. The molecular weight excluding hydrogens is 264 g/mol. The van der Waals surface area contributed by atoms with Crippen molar-refractivity contribution in [1.82, 2.24) is 10.2 Å². The molecule has 0 radical (unpaired) electrons. The van der Waals surface area contributed by atoms with Crippen molar-refractivity contribution < 1.29 is 24.6 Å². The highest BCUT2D eigenvalue weighted by atomic mass is 16.4. The van der Waals surface area contributed by atoms with Gasteiger partial charge < -0.3 is 20.4 Å². The summed E-state index contributed by atoms with van der Waals surface area (Å²) in [5.41, 5.74) is 0. The third-order valence-electron chi connectivity index (χ3n) is 3.69. The molecule has 1 saturated carbocycles. The lowest BCUT2D eigenvalue weighted by Gasteiger charge is -2.32. The number of urea groups is 1. The van der Waals surface area contributed by atoms with Gasteiger partial charge in [-0.05, 0) is 19.3 Å². The van der Waals surface area contributed by atoms with Gasteiger partial charge >= 0.3 is 18.0 Å². The maximum absolute atomic E-state index is 12.0. The van der Waals surface area contributed by atoms with Crippen LogP contribution in [0.3, 0.4) is 0 Å². The first-order valence-corrected chi connectivity index (χ1v) is 6.89. The summed E-state index contributed by atoms with van der Waals surface area (Å²) in [5, 5.41) is 20.0. The molecule has 7 nitrogen and oxygen atoms in total. The normalized spacial score (nSPS) is 17.2. The van der Waals surface area contributed by atoms with Crippen LogP contribution >= 0.6 is 0 Å². The zero-order chi connectivity index (χ0) is 15.1. The summed E-state index contributed by atoms with van der Waals surface area (Å²) in [6.07, 6.45) is 4.77. The number of hydrogen-bond donors (Lipinski definition) is 3. The zero-order valence-electron chi connectivity index (χ0n) is 11.7. The molecule has 0 spiro atoms. The van der Waals surface area contributed by atoms with E-state index < -0.39 is 24.0 Å². The SMILES string of the molecule is CN(C(=O)N[C@@H](CCC(=O)O)C(=O)O)C1CCCCC1. The molecule has 1 fully saturated rings. The van der Waals surface area contributed by atoms with Gasteiger partial charge in [-0.3, -0.25) is 4.79 Å². The standard InChI is InChI=1S/C13H22N2O5/c1-15(9-5-3-2-4-6-9)13(20)14-10(12(18)19)7-8-11(16)17/h9-10H,2-8H2,1H3,(H,14,20)(H,16,17)(H,18,19)/t10-/m0/s1. The number of hydrogen-bond acceptors (Lipinski definition) is 3. The van der Waals surface area contributed by atoms with Gasteiger partial charge in [-0.15, -0.1) is 0 Å². The Balaban J connectivity index is 2.51. The Bertz CT molecular complexity index is 366. The maximum Gasteiger partial charge on any atom is 0.326 e. The molecule has 0 saturated heterocycles. The summed E-state index contributed by atoms with van der Waals surface area (Å²) in [6.45, 7) is 0. The Morgan fingerprint density at radius 3 is 2.30 bits per heavy atom. The minimum atomic E-state index is -1.21. The molecule has 1 aliphatic carbocycles. The molecule has 1 rings (SSSR count). The molecule has 0 aromatic rings. The molecule has 0 aromatic carbocycles. The van der Waals surface area contributed by atoms with Gasteiger partial charge in [0, 0.05) is 19.5 Å². The van der Waals surface area contributed by atoms with Crippen LogP contribution in [-0.4, -0.2) is 52.2 Å². The van der Waals surface area contributed by atoms with E-state index in [-0.39, 0.29) is 18.9 Å². The van der Waals surface area contributed by atoms with Gasteiger partial charge in [0.15, 0.2) is 0 Å². The average molecular weight is 286 g/mol. The van der Waals surface area contributed by atoms with Crippen molar-refractivity contribution in [2.24, 2.45) is 0 Å². The largest absolute Gasteiger partial charge is 0.481 e. The molecule has 0 heterocycles. The van der Waals surface area contributed by atoms with Crippen molar-refractivity contribution in [2.75, 3.05) is 7.05 Å². The third kappa shape index (κ3) is 5.07. The summed E-state index contributed by atoms with van der Waals surface area (Å²) in [6, 6.07) is -1.48. The number of carboxylic acids is 2. The van der Waals surface area contributed by atoms with Crippen molar-refractivity contribution in [3.8, 4) is 0 Å². The Morgan fingerprint density at radius 1 is 1.20 bits per heavy atom. The minimum absolute atomic E-state index is 0.116. The molecular formula is C13H22N2O5. The van der Waals surface area contributed by atoms with Crippen LogP contribution in [0, 0.1) is 0 Å². The molecule has 1 atom stereocenters. The lowest BCUT2D eigenvalue weighted by molar-refractivity contribution is -0.140. The number of carbonyl (C=O) groups is 3. The fourth-order valence-corrected chi connectivity index (χ4v) is 2.41. The van der Waals surface area contributed by atoms with E-state index in [1.165, 1.54) is 11.3 Å². The van der Waals surface area contributed by atoms with E-state index in [0.29, 0.717) is 0 Å². The first-order chi connectivity index (χ1) is 9.41. The highest BCUT2D eigenvalue weighted by molar-refractivity contribution is 5.83. The minimum Gasteiger partial charge on any atom is -0.481 e. The summed E-state index contributed by atoms with van der Waals surface area (Å²) in [4.78, 5) is 35.0. The van der Waals surface area contributed by atoms with Crippen LogP contribution in [0.2, 0.25) is 0 Å². The smallest absolute Gasteiger partial charge is 0.326 e. The Hall–Kier alpha value is -1.79. The Labute approximate surface area is 117 Å². The van der Waals surface area contributed by atoms with Gasteiger partial charge in [0.25, 0.3) is 0 Å². The Morgan fingerprint density at radius 2 is 1.80 bits per heavy atom. The third-order valence-corrected chi connectivity index (χ3v) is 3.69. The Kier molecular flexibility index (Phi) is 6.27. The molecule has 7 heteroatoms. The first-order valence-electron chi connectivity index (χ1n) is 6.89. The van der Waals surface area contributed by atoms with Crippen molar-refractivity contribution in [2.45, 2.75) is 57.0 Å². The average Bonchev–Trinajstić information content (AvgIpc) is 2.42. The second-order valence-corrected chi connectivity index (χ2v) is 5.18. The number of aliphatic carboxylic acids is 2. The number of nitrogens with one attached hydrogen (secondary N) is 1. The number of carboxylic acid groups (broad SMARTS) is 2. The van der Waals surface area contributed by atoms with Crippen LogP contribution in [-0.2, 0) is 9.59 Å². The molecule has 20 heavy (non-hydrogen) atoms. The van der Waals surface area contributed by atoms with Gasteiger partial charge in [-0.2, -0.15) is 0 Å². The van der Waals surface area contributed by atoms with Gasteiger partial charge in [0.1, 0.15) is 6.04 Å². The topological polar surface area (TPSA) is 107 Å². The number of rotatable bonds is 6. The van der Waals surface area contributed by atoms with Crippen LogP contribution in [0.15, 0.2) is 0 Å². The van der Waals surface area contributed by atoms with E-state index in [4.69, 9.17) is 10.2 Å². The predicted molar refractivity (Wildman–Crippen MR) is 71.5 cm³/mol. The summed E-state index contributed by atoms with van der Waals surface area (Å²) in [7, 11) is 1.65. The highest BCUT2D eigenvalue weighted by Crippen LogP contribution is 2.21. The molecule has 0 bridgehead atoms. The van der Waals surface area contributed by atoms with Crippen LogP contribution in [0.1, 0.15) is 44.9 Å². The van der Waals surface area contributed by atoms with Gasteiger partial charge in [0.05, 0.1) is 0 Å². The van der Waals surface area contributed by atoms with Gasteiger partial charge in [-0.25, -0.2) is 9.59 Å². The lowest BCUT2D eigenvalue weighted by Crippen LogP contribution is -2.50. The molecule has 0 aromatic heterocycles. The second-order valence-electron chi connectivity index (χ2n) is 5.18. The van der Waals surface area contributed by atoms with E-state index in [0.717, 1.165) is 25.7 Å². The van der Waals surface area contributed by atoms with Gasteiger partial charge in [-0.1, -0.05) is 19.3 Å².